The highest BCUT2D eigenvalue weighted by Gasteiger charge is 2.34. The van der Waals surface area contributed by atoms with Gasteiger partial charge in [0, 0.05) is 36.2 Å². The van der Waals surface area contributed by atoms with Crippen LogP contribution in [0.25, 0.3) is 0 Å². The van der Waals surface area contributed by atoms with Crippen molar-refractivity contribution in [2.45, 2.75) is 66.6 Å². The van der Waals surface area contributed by atoms with Crippen molar-refractivity contribution in [3.8, 4) is 0 Å². The summed E-state index contributed by atoms with van der Waals surface area (Å²) in [6, 6.07) is 1.19. The maximum absolute atomic E-state index is 4.66. The third-order valence-corrected chi connectivity index (χ3v) is 5.28. The normalized spacial score (nSPS) is 24.7. The topological polar surface area (TPSA) is 28.2 Å². The number of aryl methyl sites for hydroxylation is 1. The van der Waals surface area contributed by atoms with Gasteiger partial charge in [0.2, 0.25) is 0 Å². The predicted octanol–water partition coefficient (Wildman–Crippen LogP) is 3.69. The molecule has 2 heterocycles. The Hall–Kier alpha value is -0.450. The van der Waals surface area contributed by atoms with Crippen LogP contribution in [0, 0.1) is 18.3 Å². The van der Waals surface area contributed by atoms with E-state index in [1.54, 1.807) is 11.3 Å². The predicted molar refractivity (Wildman–Crippen MR) is 91.7 cm³/mol. The molecule has 1 aliphatic rings. The Morgan fingerprint density at radius 3 is 2.67 bits per heavy atom. The number of hydrogen-bond donors (Lipinski definition) is 1. The van der Waals surface area contributed by atoms with E-state index in [0.717, 1.165) is 31.2 Å². The van der Waals surface area contributed by atoms with Crippen LogP contribution in [0.15, 0.2) is 5.38 Å². The molecule has 3 nitrogen and oxygen atoms in total. The highest BCUT2D eigenvalue weighted by molar-refractivity contribution is 7.09. The molecule has 0 amide bonds. The molecule has 21 heavy (non-hydrogen) atoms. The SMILES string of the molecule is Cc1csc(CN2CC(C(C)(C)C)NCC2CC(C)C)n1. The van der Waals surface area contributed by atoms with Crippen molar-refractivity contribution in [1.82, 2.24) is 15.2 Å². The molecule has 120 valence electrons. The van der Waals surface area contributed by atoms with Crippen molar-refractivity contribution in [2.75, 3.05) is 13.1 Å². The summed E-state index contributed by atoms with van der Waals surface area (Å²) in [7, 11) is 0. The second-order valence-electron chi connectivity index (χ2n) is 7.92. The number of thiazole rings is 1. The van der Waals surface area contributed by atoms with E-state index in [1.165, 1.54) is 11.4 Å². The van der Waals surface area contributed by atoms with Crippen LogP contribution in [0.2, 0.25) is 0 Å². The lowest BCUT2D eigenvalue weighted by atomic mass is 9.84. The van der Waals surface area contributed by atoms with E-state index in [9.17, 15) is 0 Å². The van der Waals surface area contributed by atoms with Gasteiger partial charge in [0.05, 0.1) is 6.54 Å². The van der Waals surface area contributed by atoms with E-state index in [0.29, 0.717) is 17.5 Å². The van der Waals surface area contributed by atoms with Gasteiger partial charge in [-0.25, -0.2) is 4.98 Å². The lowest BCUT2D eigenvalue weighted by molar-refractivity contribution is 0.0690. The van der Waals surface area contributed by atoms with Gasteiger partial charge in [-0.3, -0.25) is 4.90 Å². The van der Waals surface area contributed by atoms with Gasteiger partial charge in [0.25, 0.3) is 0 Å². The number of nitrogens with one attached hydrogen (secondary N) is 1. The Labute approximate surface area is 134 Å². The minimum atomic E-state index is 0.305. The highest BCUT2D eigenvalue weighted by atomic mass is 32.1. The Bertz CT molecular complexity index is 447. The molecule has 1 aromatic rings. The fraction of sp³-hybridized carbons (Fsp3) is 0.824. The molecule has 1 saturated heterocycles. The molecule has 0 bridgehead atoms. The summed E-state index contributed by atoms with van der Waals surface area (Å²) in [6.07, 6.45) is 1.26. The average Bonchev–Trinajstić information content (AvgIpc) is 2.75. The summed E-state index contributed by atoms with van der Waals surface area (Å²) < 4.78 is 0. The molecule has 0 spiro atoms. The van der Waals surface area contributed by atoms with Crippen molar-refractivity contribution in [1.29, 1.82) is 0 Å². The number of piperazine rings is 1. The number of aromatic nitrogens is 1. The minimum Gasteiger partial charge on any atom is -0.311 e. The molecular weight excluding hydrogens is 278 g/mol. The van der Waals surface area contributed by atoms with Crippen LogP contribution in [-0.2, 0) is 6.54 Å². The Morgan fingerprint density at radius 2 is 2.14 bits per heavy atom. The first-order valence-corrected chi connectivity index (χ1v) is 9.02. The summed E-state index contributed by atoms with van der Waals surface area (Å²) in [5.41, 5.74) is 1.46. The van der Waals surface area contributed by atoms with E-state index < -0.39 is 0 Å². The van der Waals surface area contributed by atoms with Crippen LogP contribution < -0.4 is 5.32 Å². The van der Waals surface area contributed by atoms with Gasteiger partial charge in [-0.1, -0.05) is 34.6 Å². The molecule has 1 N–H and O–H groups in total. The monoisotopic (exact) mass is 309 g/mol. The molecule has 2 rings (SSSR count). The van der Waals surface area contributed by atoms with Crippen molar-refractivity contribution >= 4 is 11.3 Å². The van der Waals surface area contributed by atoms with Gasteiger partial charge in [0.1, 0.15) is 5.01 Å². The van der Waals surface area contributed by atoms with Crippen LogP contribution in [0.1, 0.15) is 51.7 Å². The van der Waals surface area contributed by atoms with Gasteiger partial charge in [-0.05, 0) is 24.7 Å². The van der Waals surface area contributed by atoms with Gasteiger partial charge < -0.3 is 5.32 Å². The molecule has 0 radical (unpaired) electrons. The van der Waals surface area contributed by atoms with Crippen LogP contribution >= 0.6 is 11.3 Å². The molecule has 1 fully saturated rings. The lowest BCUT2D eigenvalue weighted by Crippen LogP contribution is -2.60. The first-order chi connectivity index (χ1) is 9.75. The highest BCUT2D eigenvalue weighted by Crippen LogP contribution is 2.27. The summed E-state index contributed by atoms with van der Waals surface area (Å²) in [4.78, 5) is 7.32. The Balaban J connectivity index is 2.08. The van der Waals surface area contributed by atoms with E-state index in [4.69, 9.17) is 0 Å². The standard InChI is InChI=1S/C17H31N3S/c1-12(2)7-14-8-18-15(17(4,5)6)9-20(14)10-16-19-13(3)11-21-16/h11-12,14-15,18H,7-10H2,1-6H3. The van der Waals surface area contributed by atoms with Gasteiger partial charge in [-0.2, -0.15) is 0 Å². The zero-order valence-corrected chi connectivity index (χ0v) is 15.3. The minimum absolute atomic E-state index is 0.305. The fourth-order valence-electron chi connectivity index (χ4n) is 3.05. The van der Waals surface area contributed by atoms with Gasteiger partial charge >= 0.3 is 0 Å². The van der Waals surface area contributed by atoms with Gasteiger partial charge in [-0.15, -0.1) is 11.3 Å². The number of hydrogen-bond acceptors (Lipinski definition) is 4. The third kappa shape index (κ3) is 4.76. The van der Waals surface area contributed by atoms with Crippen LogP contribution in [0.3, 0.4) is 0 Å². The van der Waals surface area contributed by atoms with E-state index in [2.05, 4.69) is 62.1 Å². The van der Waals surface area contributed by atoms with Crippen LogP contribution in [0.4, 0.5) is 0 Å². The number of rotatable bonds is 4. The first kappa shape index (κ1) is 16.9. The summed E-state index contributed by atoms with van der Waals surface area (Å²) in [6.45, 7) is 17.0. The zero-order valence-electron chi connectivity index (χ0n) is 14.4. The van der Waals surface area contributed by atoms with E-state index in [-0.39, 0.29) is 0 Å². The van der Waals surface area contributed by atoms with Crippen molar-refractivity contribution in [3.05, 3.63) is 16.1 Å². The number of nitrogens with zero attached hydrogens (tertiary/aromatic N) is 2. The van der Waals surface area contributed by atoms with Crippen molar-refractivity contribution in [2.24, 2.45) is 11.3 Å². The average molecular weight is 310 g/mol. The van der Waals surface area contributed by atoms with E-state index in [1.807, 2.05) is 0 Å². The molecule has 0 aromatic carbocycles. The maximum atomic E-state index is 4.66. The van der Waals surface area contributed by atoms with E-state index >= 15 is 0 Å². The molecular formula is C17H31N3S. The first-order valence-electron chi connectivity index (χ1n) is 8.14. The lowest BCUT2D eigenvalue weighted by Gasteiger charge is -2.45. The second-order valence-corrected chi connectivity index (χ2v) is 8.86. The van der Waals surface area contributed by atoms with Crippen molar-refractivity contribution < 1.29 is 0 Å². The summed E-state index contributed by atoms with van der Waals surface area (Å²) >= 11 is 1.80. The van der Waals surface area contributed by atoms with Crippen LogP contribution in [0.5, 0.6) is 0 Å². The quantitative estimate of drug-likeness (QED) is 0.919. The van der Waals surface area contributed by atoms with Crippen LogP contribution in [-0.4, -0.2) is 35.1 Å². The fourth-order valence-corrected chi connectivity index (χ4v) is 3.85. The zero-order chi connectivity index (χ0) is 15.6. The molecule has 2 atom stereocenters. The molecule has 2 unspecified atom stereocenters. The molecule has 1 aliphatic heterocycles. The smallest absolute Gasteiger partial charge is 0.107 e. The summed E-state index contributed by atoms with van der Waals surface area (Å²) in [5, 5.41) is 7.20. The molecule has 4 heteroatoms. The third-order valence-electron chi connectivity index (χ3n) is 4.33. The van der Waals surface area contributed by atoms with Gasteiger partial charge in [0.15, 0.2) is 0 Å². The second kappa shape index (κ2) is 6.76. The van der Waals surface area contributed by atoms with Crippen molar-refractivity contribution in [3.63, 3.8) is 0 Å². The molecule has 0 saturated carbocycles. The summed E-state index contributed by atoms with van der Waals surface area (Å²) in [5.74, 6) is 0.739. The Morgan fingerprint density at radius 1 is 1.43 bits per heavy atom. The molecule has 1 aromatic heterocycles. The maximum Gasteiger partial charge on any atom is 0.107 e. The largest absolute Gasteiger partial charge is 0.311 e. The molecule has 0 aliphatic carbocycles. The Kier molecular flexibility index (Phi) is 5.44.